The fraction of sp³-hybridized carbons (Fsp3) is 0.500. The Balaban J connectivity index is 2.38. The molecule has 0 radical (unpaired) electrons. The van der Waals surface area contributed by atoms with Gasteiger partial charge in [0.15, 0.2) is 0 Å². The van der Waals surface area contributed by atoms with Gasteiger partial charge in [-0.05, 0) is 31.5 Å². The maximum absolute atomic E-state index is 12.9. The molecule has 3 nitrogen and oxygen atoms in total. The second-order valence-electron chi connectivity index (χ2n) is 4.76. The van der Waals surface area contributed by atoms with Crippen LogP contribution in [0.2, 0.25) is 0 Å². The van der Waals surface area contributed by atoms with E-state index < -0.39 is 11.7 Å². The number of alkyl halides is 3. The molecule has 1 aliphatic heterocycles. The van der Waals surface area contributed by atoms with Gasteiger partial charge in [0, 0.05) is 12.2 Å². The van der Waals surface area contributed by atoms with Crippen LogP contribution in [0.5, 0.6) is 0 Å². The van der Waals surface area contributed by atoms with Gasteiger partial charge in [0.05, 0.1) is 23.3 Å². The quantitative estimate of drug-likeness (QED) is 0.833. The Morgan fingerprint density at radius 1 is 1.45 bits per heavy atom. The molecular weight excluding hydrogens is 269 g/mol. The van der Waals surface area contributed by atoms with Crippen molar-refractivity contribution in [3.05, 3.63) is 29.3 Å². The molecule has 108 valence electrons. The highest BCUT2D eigenvalue weighted by atomic mass is 19.4. The summed E-state index contributed by atoms with van der Waals surface area (Å²) in [6, 6.07) is 5.35. The number of hydrogen-bond donors (Lipinski definition) is 0. The van der Waals surface area contributed by atoms with Crippen molar-refractivity contribution in [1.29, 1.82) is 5.26 Å². The third-order valence-corrected chi connectivity index (χ3v) is 3.44. The normalized spacial score (nSPS) is 22.9. The highest BCUT2D eigenvalue weighted by Crippen LogP contribution is 2.36. The van der Waals surface area contributed by atoms with Gasteiger partial charge in [-0.1, -0.05) is 6.92 Å². The van der Waals surface area contributed by atoms with E-state index in [2.05, 4.69) is 0 Å². The zero-order valence-corrected chi connectivity index (χ0v) is 11.2. The van der Waals surface area contributed by atoms with Gasteiger partial charge in [-0.3, -0.25) is 0 Å². The van der Waals surface area contributed by atoms with Gasteiger partial charge >= 0.3 is 6.18 Å². The molecule has 0 aliphatic carbocycles. The van der Waals surface area contributed by atoms with Crippen molar-refractivity contribution in [2.24, 2.45) is 0 Å². The predicted octanol–water partition coefficient (Wildman–Crippen LogP) is 3.54. The average Bonchev–Trinajstić information content (AvgIpc) is 2.78. The highest BCUT2D eigenvalue weighted by Gasteiger charge is 2.35. The van der Waals surface area contributed by atoms with Crippen LogP contribution in [0.25, 0.3) is 0 Å². The lowest BCUT2D eigenvalue weighted by atomic mass is 10.1. The summed E-state index contributed by atoms with van der Waals surface area (Å²) in [5.74, 6) is 0. The van der Waals surface area contributed by atoms with Crippen LogP contribution in [0.3, 0.4) is 0 Å². The van der Waals surface area contributed by atoms with Crippen LogP contribution in [-0.2, 0) is 10.9 Å². The fourth-order valence-corrected chi connectivity index (χ4v) is 2.35. The number of halogens is 3. The summed E-state index contributed by atoms with van der Waals surface area (Å²) < 4.78 is 44.5. The molecule has 1 fully saturated rings. The molecule has 0 amide bonds. The number of anilines is 1. The Morgan fingerprint density at radius 2 is 2.15 bits per heavy atom. The average molecular weight is 284 g/mol. The number of benzene rings is 1. The Morgan fingerprint density at radius 3 is 2.65 bits per heavy atom. The van der Waals surface area contributed by atoms with E-state index in [0.29, 0.717) is 12.2 Å². The number of rotatable bonds is 2. The SMILES string of the molecule is CC[C@H]1CN(c2ccc(C#N)c(C(F)(F)F)c2)[C@H](C)O1. The summed E-state index contributed by atoms with van der Waals surface area (Å²) in [4.78, 5) is 1.78. The fourth-order valence-electron chi connectivity index (χ4n) is 2.35. The third kappa shape index (κ3) is 2.73. The first-order valence-electron chi connectivity index (χ1n) is 6.40. The lowest BCUT2D eigenvalue weighted by Gasteiger charge is -2.23. The molecule has 0 unspecified atom stereocenters. The topological polar surface area (TPSA) is 36.3 Å². The summed E-state index contributed by atoms with van der Waals surface area (Å²) in [7, 11) is 0. The molecule has 2 atom stereocenters. The van der Waals surface area contributed by atoms with Crippen LogP contribution in [0, 0.1) is 11.3 Å². The van der Waals surface area contributed by atoms with Gasteiger partial charge in [0.2, 0.25) is 0 Å². The summed E-state index contributed by atoms with van der Waals surface area (Å²) >= 11 is 0. The van der Waals surface area contributed by atoms with Crippen LogP contribution in [0.4, 0.5) is 18.9 Å². The maximum atomic E-state index is 12.9. The molecule has 0 N–H and O–H groups in total. The van der Waals surface area contributed by atoms with Gasteiger partial charge in [-0.15, -0.1) is 0 Å². The molecule has 6 heteroatoms. The van der Waals surface area contributed by atoms with Crippen LogP contribution >= 0.6 is 0 Å². The van der Waals surface area contributed by atoms with E-state index >= 15 is 0 Å². The minimum Gasteiger partial charge on any atom is -0.354 e. The van der Waals surface area contributed by atoms with Crippen LogP contribution in [0.1, 0.15) is 31.4 Å². The first kappa shape index (κ1) is 14.7. The molecule has 0 bridgehead atoms. The molecule has 20 heavy (non-hydrogen) atoms. The van der Waals surface area contributed by atoms with Crippen molar-refractivity contribution in [1.82, 2.24) is 0 Å². The first-order valence-corrected chi connectivity index (χ1v) is 6.40. The minimum atomic E-state index is -4.53. The predicted molar refractivity (Wildman–Crippen MR) is 68.1 cm³/mol. The Hall–Kier alpha value is -1.74. The molecule has 1 aromatic rings. The van der Waals surface area contributed by atoms with E-state index in [1.165, 1.54) is 12.1 Å². The minimum absolute atomic E-state index is 0.0231. The molecule has 2 rings (SSSR count). The van der Waals surface area contributed by atoms with Crippen molar-refractivity contribution in [2.45, 2.75) is 38.8 Å². The third-order valence-electron chi connectivity index (χ3n) is 3.44. The molecule has 0 saturated carbocycles. The first-order chi connectivity index (χ1) is 9.36. The number of nitriles is 1. The van der Waals surface area contributed by atoms with Crippen LogP contribution in [0.15, 0.2) is 18.2 Å². The van der Waals surface area contributed by atoms with Crippen molar-refractivity contribution in [2.75, 3.05) is 11.4 Å². The number of hydrogen-bond acceptors (Lipinski definition) is 3. The van der Waals surface area contributed by atoms with Gasteiger partial charge in [-0.25, -0.2) is 0 Å². The van der Waals surface area contributed by atoms with Gasteiger partial charge in [0.25, 0.3) is 0 Å². The highest BCUT2D eigenvalue weighted by molar-refractivity contribution is 5.55. The van der Waals surface area contributed by atoms with E-state index in [4.69, 9.17) is 10.00 Å². The molecule has 1 saturated heterocycles. The van der Waals surface area contributed by atoms with Gasteiger partial charge < -0.3 is 9.64 Å². The van der Waals surface area contributed by atoms with Crippen molar-refractivity contribution in [3.8, 4) is 6.07 Å². The largest absolute Gasteiger partial charge is 0.417 e. The van der Waals surface area contributed by atoms with Crippen molar-refractivity contribution < 1.29 is 17.9 Å². The van der Waals surface area contributed by atoms with E-state index in [9.17, 15) is 13.2 Å². The monoisotopic (exact) mass is 284 g/mol. The molecule has 1 aliphatic rings. The summed E-state index contributed by atoms with van der Waals surface area (Å²) in [6.07, 6.45) is -3.97. The Kier molecular flexibility index (Phi) is 3.91. The molecule has 1 heterocycles. The standard InChI is InChI=1S/C14H15F3N2O/c1-3-12-8-19(9(2)20-12)11-5-4-10(7-18)13(6-11)14(15,16)17/h4-6,9,12H,3,8H2,1-2H3/t9-,12-/m0/s1. The zero-order valence-electron chi connectivity index (χ0n) is 11.2. The molecule has 0 aromatic heterocycles. The number of nitrogens with zero attached hydrogens (tertiary/aromatic N) is 2. The van der Waals surface area contributed by atoms with Crippen LogP contribution < -0.4 is 4.90 Å². The molecule has 0 spiro atoms. The van der Waals surface area contributed by atoms with Gasteiger partial charge in [-0.2, -0.15) is 18.4 Å². The molecular formula is C14H15F3N2O. The van der Waals surface area contributed by atoms with Crippen molar-refractivity contribution in [3.63, 3.8) is 0 Å². The Labute approximate surface area is 115 Å². The lowest BCUT2D eigenvalue weighted by molar-refractivity contribution is -0.137. The molecule has 1 aromatic carbocycles. The summed E-state index contributed by atoms with van der Waals surface area (Å²) in [6.45, 7) is 4.34. The summed E-state index contributed by atoms with van der Waals surface area (Å²) in [5, 5.41) is 8.78. The summed E-state index contributed by atoms with van der Waals surface area (Å²) in [5.41, 5.74) is -0.828. The Bertz CT molecular complexity index is 536. The smallest absolute Gasteiger partial charge is 0.354 e. The van der Waals surface area contributed by atoms with E-state index in [1.807, 2.05) is 6.92 Å². The van der Waals surface area contributed by atoms with Crippen molar-refractivity contribution >= 4 is 5.69 Å². The van der Waals surface area contributed by atoms with Gasteiger partial charge in [0.1, 0.15) is 6.23 Å². The second-order valence-corrected chi connectivity index (χ2v) is 4.76. The maximum Gasteiger partial charge on any atom is 0.417 e. The zero-order chi connectivity index (χ0) is 14.9. The number of ether oxygens (including phenoxy) is 1. The second kappa shape index (κ2) is 5.33. The van der Waals surface area contributed by atoms with E-state index in [0.717, 1.165) is 12.5 Å². The van der Waals surface area contributed by atoms with E-state index in [-0.39, 0.29) is 17.9 Å². The lowest BCUT2D eigenvalue weighted by Crippen LogP contribution is -2.28. The van der Waals surface area contributed by atoms with E-state index in [1.54, 1.807) is 17.9 Å². The van der Waals surface area contributed by atoms with Crippen LogP contribution in [-0.4, -0.2) is 18.9 Å².